The van der Waals surface area contributed by atoms with Gasteiger partial charge in [-0.3, -0.25) is 0 Å². The van der Waals surface area contributed by atoms with Crippen LogP contribution in [0.1, 0.15) is 44.4 Å². The Morgan fingerprint density at radius 3 is 2.67 bits per heavy atom. The minimum absolute atomic E-state index is 0.0576. The molecule has 0 aromatic heterocycles. The normalized spacial score (nSPS) is 18.9. The number of benzene rings is 1. The van der Waals surface area contributed by atoms with Crippen molar-refractivity contribution in [2.45, 2.75) is 58.0 Å². The van der Waals surface area contributed by atoms with Crippen LogP contribution in [0.25, 0.3) is 0 Å². The van der Waals surface area contributed by atoms with Crippen molar-refractivity contribution in [1.29, 1.82) is 0 Å². The fourth-order valence-electron chi connectivity index (χ4n) is 2.00. The van der Waals surface area contributed by atoms with Gasteiger partial charge in [-0.25, -0.2) is 4.39 Å². The molecule has 0 amide bonds. The average Bonchev–Trinajstić information content (AvgIpc) is 2.90. The zero-order chi connectivity index (χ0) is 15.7. The second-order valence-electron chi connectivity index (χ2n) is 7.10. The molecular weight excluding hydrogens is 283 g/mol. The zero-order valence-corrected chi connectivity index (χ0v) is 14.5. The first kappa shape index (κ1) is 16.2. The van der Waals surface area contributed by atoms with Gasteiger partial charge in [0.05, 0.1) is 12.6 Å². The van der Waals surface area contributed by atoms with Crippen molar-refractivity contribution in [2.24, 2.45) is 5.10 Å². The highest BCUT2D eigenvalue weighted by molar-refractivity contribution is 6.74. The third-order valence-electron chi connectivity index (χ3n) is 4.54. The van der Waals surface area contributed by atoms with E-state index in [-0.39, 0.29) is 16.9 Å². The van der Waals surface area contributed by atoms with E-state index in [4.69, 9.17) is 4.43 Å². The molecule has 0 radical (unpaired) electrons. The first-order valence-corrected chi connectivity index (χ1v) is 10.3. The van der Waals surface area contributed by atoms with E-state index >= 15 is 0 Å². The summed E-state index contributed by atoms with van der Waals surface area (Å²) in [6.45, 7) is 11.3. The lowest BCUT2D eigenvalue weighted by Crippen LogP contribution is -2.40. The molecule has 0 saturated heterocycles. The van der Waals surface area contributed by atoms with Gasteiger partial charge in [-0.15, -0.1) is 0 Å². The highest BCUT2D eigenvalue weighted by Gasteiger charge is 2.37. The van der Waals surface area contributed by atoms with Crippen molar-refractivity contribution in [2.75, 3.05) is 0 Å². The van der Waals surface area contributed by atoms with Gasteiger partial charge in [-0.1, -0.05) is 39.0 Å². The fraction of sp³-hybridized carbons (Fsp3) is 0.562. The lowest BCUT2D eigenvalue weighted by Gasteiger charge is -2.36. The summed E-state index contributed by atoms with van der Waals surface area (Å²) in [7, 11) is -1.87. The molecule has 1 aliphatic heterocycles. The third-order valence-corrected chi connectivity index (χ3v) is 9.02. The number of halogens is 1. The van der Waals surface area contributed by atoms with E-state index in [0.717, 1.165) is 6.42 Å². The van der Waals surface area contributed by atoms with Crippen molar-refractivity contribution >= 4 is 14.5 Å². The molecule has 0 spiro atoms. The molecule has 1 unspecified atom stereocenters. The third kappa shape index (κ3) is 3.52. The molecule has 2 rings (SSSR count). The van der Waals surface area contributed by atoms with Crippen LogP contribution in [-0.4, -0.2) is 14.5 Å². The Morgan fingerprint density at radius 1 is 1.38 bits per heavy atom. The number of rotatable bonds is 4. The van der Waals surface area contributed by atoms with Gasteiger partial charge in [-0.05, 0) is 18.1 Å². The van der Waals surface area contributed by atoms with Gasteiger partial charge in [0.1, 0.15) is 5.82 Å². The predicted octanol–water partition coefficient (Wildman–Crippen LogP) is 4.37. The van der Waals surface area contributed by atoms with Crippen LogP contribution in [0.3, 0.4) is 0 Å². The van der Waals surface area contributed by atoms with Crippen molar-refractivity contribution in [1.82, 2.24) is 5.43 Å². The molecule has 1 aromatic carbocycles. The summed E-state index contributed by atoms with van der Waals surface area (Å²) in [6.07, 6.45) is 2.51. The molecular formula is C16H25FN2OSi. The van der Waals surface area contributed by atoms with E-state index < -0.39 is 8.32 Å². The summed E-state index contributed by atoms with van der Waals surface area (Å²) in [5, 5.41) is 4.09. The van der Waals surface area contributed by atoms with E-state index in [1.807, 2.05) is 18.2 Å². The molecule has 0 aliphatic carbocycles. The molecule has 1 heterocycles. The van der Waals surface area contributed by atoms with E-state index in [9.17, 15) is 4.39 Å². The van der Waals surface area contributed by atoms with Crippen molar-refractivity contribution < 1.29 is 8.82 Å². The molecule has 0 bridgehead atoms. The van der Waals surface area contributed by atoms with Crippen LogP contribution in [0.15, 0.2) is 23.3 Å². The fourth-order valence-corrected chi connectivity index (χ4v) is 2.95. The van der Waals surface area contributed by atoms with Crippen LogP contribution >= 0.6 is 0 Å². The Hall–Kier alpha value is -1.20. The number of nitrogens with one attached hydrogen (secondary N) is 1. The molecule has 3 nitrogen and oxygen atoms in total. The first-order valence-electron chi connectivity index (χ1n) is 7.41. The molecule has 1 aromatic rings. The Balaban J connectivity index is 2.13. The Morgan fingerprint density at radius 2 is 2.10 bits per heavy atom. The second-order valence-corrected chi connectivity index (χ2v) is 11.9. The summed E-state index contributed by atoms with van der Waals surface area (Å²) in [6, 6.07) is 5.46. The Kier molecular flexibility index (Phi) is 4.53. The predicted molar refractivity (Wildman–Crippen MR) is 87.4 cm³/mol. The van der Waals surface area contributed by atoms with Crippen molar-refractivity contribution in [3.63, 3.8) is 0 Å². The van der Waals surface area contributed by atoms with E-state index in [1.54, 1.807) is 6.21 Å². The Bertz CT molecular complexity index is 530. The highest BCUT2D eigenvalue weighted by atomic mass is 28.4. The van der Waals surface area contributed by atoms with Gasteiger partial charge in [0.15, 0.2) is 8.32 Å². The zero-order valence-electron chi connectivity index (χ0n) is 13.5. The van der Waals surface area contributed by atoms with Crippen LogP contribution < -0.4 is 5.43 Å². The SMILES string of the molecule is CC(C)(C)[Si](C)(C)OCc1cccc(C2CC=NN2)c1F. The Labute approximate surface area is 127 Å². The van der Waals surface area contributed by atoms with Gasteiger partial charge in [0.2, 0.25) is 0 Å². The van der Waals surface area contributed by atoms with E-state index in [0.29, 0.717) is 17.7 Å². The largest absolute Gasteiger partial charge is 0.412 e. The second kappa shape index (κ2) is 5.89. The molecule has 1 atom stereocenters. The van der Waals surface area contributed by atoms with Gasteiger partial charge in [-0.2, -0.15) is 5.10 Å². The minimum Gasteiger partial charge on any atom is -0.412 e. The molecule has 116 valence electrons. The number of hydrogen-bond acceptors (Lipinski definition) is 3. The van der Waals surface area contributed by atoms with Crippen LogP contribution in [-0.2, 0) is 11.0 Å². The topological polar surface area (TPSA) is 33.6 Å². The lowest BCUT2D eigenvalue weighted by atomic mass is 10.0. The molecule has 1 aliphatic rings. The van der Waals surface area contributed by atoms with Crippen LogP contribution in [0.4, 0.5) is 4.39 Å². The van der Waals surface area contributed by atoms with Gasteiger partial charge in [0, 0.05) is 23.8 Å². The monoisotopic (exact) mass is 308 g/mol. The average molecular weight is 308 g/mol. The van der Waals surface area contributed by atoms with Crippen LogP contribution in [0, 0.1) is 5.82 Å². The maximum Gasteiger partial charge on any atom is 0.192 e. The summed E-state index contributed by atoms with van der Waals surface area (Å²) in [5.74, 6) is -0.167. The van der Waals surface area contributed by atoms with Gasteiger partial charge >= 0.3 is 0 Å². The first-order chi connectivity index (χ1) is 9.72. The summed E-state index contributed by atoms with van der Waals surface area (Å²) < 4.78 is 20.8. The number of hydrazone groups is 1. The van der Waals surface area contributed by atoms with Crippen molar-refractivity contribution in [3.05, 3.63) is 35.1 Å². The molecule has 0 fully saturated rings. The van der Waals surface area contributed by atoms with E-state index in [2.05, 4.69) is 44.4 Å². The quantitative estimate of drug-likeness (QED) is 0.838. The number of hydrogen-bond donors (Lipinski definition) is 1. The summed E-state index contributed by atoms with van der Waals surface area (Å²) in [5.41, 5.74) is 4.24. The van der Waals surface area contributed by atoms with Crippen LogP contribution in [0.2, 0.25) is 18.1 Å². The van der Waals surface area contributed by atoms with Gasteiger partial charge < -0.3 is 9.85 Å². The molecule has 5 heteroatoms. The lowest BCUT2D eigenvalue weighted by molar-refractivity contribution is 0.270. The summed E-state index contributed by atoms with van der Waals surface area (Å²) >= 11 is 0. The van der Waals surface area contributed by atoms with Gasteiger partial charge in [0.25, 0.3) is 0 Å². The molecule has 21 heavy (non-hydrogen) atoms. The smallest absolute Gasteiger partial charge is 0.192 e. The summed E-state index contributed by atoms with van der Waals surface area (Å²) in [4.78, 5) is 0. The number of nitrogens with zero attached hydrogens (tertiary/aromatic N) is 1. The molecule has 1 N–H and O–H groups in total. The molecule has 0 saturated carbocycles. The van der Waals surface area contributed by atoms with E-state index in [1.165, 1.54) is 0 Å². The standard InChI is InChI=1S/C16H25FN2OSi/c1-16(2,3)21(4,5)20-11-12-7-6-8-13(15(12)17)14-9-10-18-19-14/h6-8,10,14,19H,9,11H2,1-5H3. The van der Waals surface area contributed by atoms with Crippen LogP contribution in [0.5, 0.6) is 0 Å². The maximum atomic E-state index is 14.6. The maximum absolute atomic E-state index is 14.6. The minimum atomic E-state index is -1.87. The van der Waals surface area contributed by atoms with Crippen molar-refractivity contribution in [3.8, 4) is 0 Å². The highest BCUT2D eigenvalue weighted by Crippen LogP contribution is 2.37.